The number of nitrogen functional groups attached to an aromatic ring is 1. The number of hydrogen-bond acceptors (Lipinski definition) is 6. The van der Waals surface area contributed by atoms with Gasteiger partial charge < -0.3 is 5.73 Å². The Bertz CT molecular complexity index is 539. The molecule has 0 spiro atoms. The highest BCUT2D eigenvalue weighted by Gasteiger charge is 2.20. The van der Waals surface area contributed by atoms with Gasteiger partial charge in [-0.25, -0.2) is 12.8 Å². The average Bonchev–Trinajstić information content (AvgIpc) is 2.63. The van der Waals surface area contributed by atoms with Gasteiger partial charge in [-0.05, 0) is 42.0 Å². The van der Waals surface area contributed by atoms with E-state index in [0.717, 1.165) is 4.91 Å². The van der Waals surface area contributed by atoms with Crippen LogP contribution in [0.1, 0.15) is 6.92 Å². The van der Waals surface area contributed by atoms with E-state index < -0.39 is 10.0 Å². The van der Waals surface area contributed by atoms with Crippen molar-refractivity contribution in [1.82, 2.24) is 9.25 Å². The molecule has 1 aromatic carbocycles. The van der Waals surface area contributed by atoms with Crippen LogP contribution in [0.4, 0.5) is 5.69 Å². The summed E-state index contributed by atoms with van der Waals surface area (Å²) < 4.78 is 25.4. The molecule has 0 unspecified atom stereocenters. The van der Waals surface area contributed by atoms with E-state index in [1.807, 2.05) is 6.92 Å². The van der Waals surface area contributed by atoms with Gasteiger partial charge in [0.1, 0.15) is 0 Å². The van der Waals surface area contributed by atoms with Crippen molar-refractivity contribution in [2.75, 3.05) is 5.73 Å². The van der Waals surface area contributed by atoms with Gasteiger partial charge in [0, 0.05) is 27.8 Å². The van der Waals surface area contributed by atoms with E-state index in [1.54, 1.807) is 18.3 Å². The lowest BCUT2D eigenvalue weighted by Crippen LogP contribution is -2.32. The van der Waals surface area contributed by atoms with Crippen molar-refractivity contribution < 1.29 is 8.42 Å². The van der Waals surface area contributed by atoms with Crippen LogP contribution in [0.2, 0.25) is 0 Å². The molecule has 0 atom stereocenters. The molecule has 1 aromatic rings. The quantitative estimate of drug-likeness (QED) is 0.503. The van der Waals surface area contributed by atoms with E-state index in [2.05, 4.69) is 4.83 Å². The van der Waals surface area contributed by atoms with E-state index in [1.165, 1.54) is 38.3 Å². The molecular formula is C9H11N3O2S3. The number of benzene rings is 1. The molecule has 0 saturated heterocycles. The zero-order valence-corrected chi connectivity index (χ0v) is 11.4. The number of nitrogens with zero attached hydrogens (tertiary/aromatic N) is 1. The molecule has 1 heterocycles. The third-order valence-electron chi connectivity index (χ3n) is 1.95. The molecule has 0 saturated carbocycles. The van der Waals surface area contributed by atoms with E-state index in [0.29, 0.717) is 5.69 Å². The van der Waals surface area contributed by atoms with Gasteiger partial charge in [-0.15, -0.1) is 4.83 Å². The standard InChI is InChI=1S/C9H11N3O2S3/c1-7-6-12(16-15-7)11-17(13,14)9-4-2-8(10)3-5-9/h2-6,11H,10H2,1H3. The monoisotopic (exact) mass is 289 g/mol. The summed E-state index contributed by atoms with van der Waals surface area (Å²) >= 11 is 0. The Kier molecular flexibility index (Phi) is 3.57. The Morgan fingerprint density at radius 1 is 1.29 bits per heavy atom. The molecule has 1 aliphatic heterocycles. The SMILES string of the molecule is CC1=CN(NS(=O)(=O)c2ccc(N)cc2)SS1. The van der Waals surface area contributed by atoms with Gasteiger partial charge in [-0.2, -0.15) is 0 Å². The van der Waals surface area contributed by atoms with Gasteiger partial charge in [0.05, 0.1) is 4.90 Å². The lowest BCUT2D eigenvalue weighted by molar-refractivity contribution is 0.522. The predicted octanol–water partition coefficient (Wildman–Crippen LogP) is 1.94. The number of hydrogen-bond donors (Lipinski definition) is 2. The van der Waals surface area contributed by atoms with Crippen LogP contribution in [-0.4, -0.2) is 12.8 Å². The summed E-state index contributed by atoms with van der Waals surface area (Å²) in [5.41, 5.74) is 6.04. The minimum atomic E-state index is -3.54. The highest BCUT2D eigenvalue weighted by molar-refractivity contribution is 8.77. The maximum atomic E-state index is 12.0. The summed E-state index contributed by atoms with van der Waals surface area (Å²) in [6, 6.07) is 6.06. The van der Waals surface area contributed by atoms with E-state index in [-0.39, 0.29) is 4.90 Å². The normalized spacial score (nSPS) is 16.1. The van der Waals surface area contributed by atoms with Crippen LogP contribution in [0.3, 0.4) is 0 Å². The van der Waals surface area contributed by atoms with Crippen LogP contribution in [0, 0.1) is 0 Å². The average molecular weight is 289 g/mol. The molecule has 92 valence electrons. The van der Waals surface area contributed by atoms with Crippen LogP contribution in [0.15, 0.2) is 40.3 Å². The van der Waals surface area contributed by atoms with Gasteiger partial charge in [0.15, 0.2) is 0 Å². The van der Waals surface area contributed by atoms with Crippen LogP contribution < -0.4 is 10.6 Å². The van der Waals surface area contributed by atoms with Crippen LogP contribution in [0.5, 0.6) is 0 Å². The summed E-state index contributed by atoms with van der Waals surface area (Å²) in [5.74, 6) is 0. The molecule has 1 aliphatic rings. The largest absolute Gasteiger partial charge is 0.399 e. The Morgan fingerprint density at radius 2 is 1.94 bits per heavy atom. The van der Waals surface area contributed by atoms with Crippen molar-refractivity contribution in [3.05, 3.63) is 35.4 Å². The number of nitrogens with one attached hydrogen (secondary N) is 1. The van der Waals surface area contributed by atoms with Crippen LogP contribution in [0.25, 0.3) is 0 Å². The lowest BCUT2D eigenvalue weighted by atomic mass is 10.3. The fraction of sp³-hybridized carbons (Fsp3) is 0.111. The first-order valence-corrected chi connectivity index (χ1v) is 8.27. The number of hydrazine groups is 1. The van der Waals surface area contributed by atoms with E-state index >= 15 is 0 Å². The summed E-state index contributed by atoms with van der Waals surface area (Å²) in [6.45, 7) is 1.91. The molecule has 0 amide bonds. The van der Waals surface area contributed by atoms with E-state index in [9.17, 15) is 8.42 Å². The van der Waals surface area contributed by atoms with Crippen molar-refractivity contribution in [3.63, 3.8) is 0 Å². The van der Waals surface area contributed by atoms with Crippen molar-refractivity contribution in [1.29, 1.82) is 0 Å². The molecule has 8 heteroatoms. The number of rotatable bonds is 3. The summed E-state index contributed by atoms with van der Waals surface area (Å²) in [7, 11) is -0.724. The fourth-order valence-electron chi connectivity index (χ4n) is 1.17. The summed E-state index contributed by atoms with van der Waals surface area (Å²) in [4.78, 5) is 3.68. The molecule has 0 aliphatic carbocycles. The number of sulfonamides is 1. The molecule has 3 N–H and O–H groups in total. The third kappa shape index (κ3) is 3.09. The first kappa shape index (κ1) is 12.6. The van der Waals surface area contributed by atoms with Crippen molar-refractivity contribution in [3.8, 4) is 0 Å². The smallest absolute Gasteiger partial charge is 0.258 e. The van der Waals surface area contributed by atoms with Gasteiger partial charge in [-0.1, -0.05) is 0 Å². The molecule has 0 fully saturated rings. The van der Waals surface area contributed by atoms with Gasteiger partial charge in [0.25, 0.3) is 10.0 Å². The van der Waals surface area contributed by atoms with Crippen molar-refractivity contribution >= 4 is 37.5 Å². The molecule has 0 bridgehead atoms. The first-order chi connectivity index (χ1) is 7.97. The second-order valence-corrected chi connectivity index (χ2v) is 7.35. The van der Waals surface area contributed by atoms with E-state index in [4.69, 9.17) is 5.73 Å². The summed E-state index contributed by atoms with van der Waals surface area (Å²) in [5, 5.41) is 0. The predicted molar refractivity (Wildman–Crippen MR) is 72.0 cm³/mol. The highest BCUT2D eigenvalue weighted by atomic mass is 33.1. The van der Waals surface area contributed by atoms with Gasteiger partial charge in [0.2, 0.25) is 0 Å². The third-order valence-corrected chi connectivity index (χ3v) is 5.69. The molecular weight excluding hydrogens is 278 g/mol. The van der Waals surface area contributed by atoms with Crippen LogP contribution >= 0.6 is 21.8 Å². The lowest BCUT2D eigenvalue weighted by Gasteiger charge is -2.14. The maximum absolute atomic E-state index is 12.0. The van der Waals surface area contributed by atoms with Crippen molar-refractivity contribution in [2.24, 2.45) is 0 Å². The van der Waals surface area contributed by atoms with Gasteiger partial charge in [-0.3, -0.25) is 0 Å². The first-order valence-electron chi connectivity index (χ1n) is 4.68. The Morgan fingerprint density at radius 3 is 2.47 bits per heavy atom. The topological polar surface area (TPSA) is 75.4 Å². The Hall–Kier alpha value is -0.830. The Balaban J connectivity index is 2.17. The number of nitrogens with two attached hydrogens (primary N) is 1. The minimum Gasteiger partial charge on any atom is -0.399 e. The van der Waals surface area contributed by atoms with Crippen LogP contribution in [-0.2, 0) is 10.0 Å². The number of anilines is 1. The van der Waals surface area contributed by atoms with Crippen molar-refractivity contribution in [2.45, 2.75) is 11.8 Å². The van der Waals surface area contributed by atoms with Gasteiger partial charge >= 0.3 is 0 Å². The fourth-order valence-corrected chi connectivity index (χ4v) is 4.21. The molecule has 0 radical (unpaired) electrons. The molecule has 17 heavy (non-hydrogen) atoms. The second kappa shape index (κ2) is 4.81. The summed E-state index contributed by atoms with van der Waals surface area (Å²) in [6.07, 6.45) is 1.73. The number of allylic oxidation sites excluding steroid dienone is 1. The molecule has 0 aromatic heterocycles. The zero-order valence-electron chi connectivity index (χ0n) is 8.95. The molecule has 5 nitrogen and oxygen atoms in total. The highest BCUT2D eigenvalue weighted by Crippen LogP contribution is 2.39. The maximum Gasteiger partial charge on any atom is 0.258 e. The minimum absolute atomic E-state index is 0.190. The zero-order chi connectivity index (χ0) is 12.5. The second-order valence-electron chi connectivity index (χ2n) is 3.39. The molecule has 2 rings (SSSR count). The Labute approximate surface area is 108 Å².